The normalized spacial score (nSPS) is 45.0. The minimum atomic E-state index is -0.336. The Hall–Kier alpha value is -2.23. The lowest BCUT2D eigenvalue weighted by Gasteiger charge is -2.73. The van der Waals surface area contributed by atoms with Crippen LogP contribution in [0.3, 0.4) is 0 Å². The van der Waals surface area contributed by atoms with Crippen LogP contribution in [-0.2, 0) is 9.53 Å². The Balaban J connectivity index is 1.22. The zero-order valence-corrected chi connectivity index (χ0v) is 27.8. The maximum Gasteiger partial charge on any atom is 0.331 e. The van der Waals surface area contributed by atoms with Crippen molar-refractivity contribution in [3.63, 3.8) is 0 Å². The molecule has 0 amide bonds. The summed E-state index contributed by atoms with van der Waals surface area (Å²) in [6.07, 6.45) is 15.6. The highest BCUT2D eigenvalue weighted by atomic mass is 16.5. The largest absolute Gasteiger partial charge is 0.504 e. The van der Waals surface area contributed by atoms with E-state index in [-0.39, 0.29) is 34.4 Å². The first-order valence-corrected chi connectivity index (χ1v) is 17.1. The number of hydrogen-bond acceptors (Lipinski definition) is 4. The number of phenols is 2. The lowest BCUT2D eigenvalue weighted by molar-refractivity contribution is -0.248. The quantitative estimate of drug-likeness (QED) is 0.159. The fraction of sp³-hybridized carbons (Fsp3) is 0.718. The van der Waals surface area contributed by atoms with Crippen molar-refractivity contribution in [2.45, 2.75) is 119 Å². The predicted molar refractivity (Wildman–Crippen MR) is 173 cm³/mol. The summed E-state index contributed by atoms with van der Waals surface area (Å²) in [6, 6.07) is 4.54. The lowest BCUT2D eigenvalue weighted by Crippen LogP contribution is -2.66. The van der Waals surface area contributed by atoms with Gasteiger partial charge < -0.3 is 14.9 Å². The molecule has 10 atom stereocenters. The third-order valence-electron chi connectivity index (χ3n) is 15.1. The Morgan fingerprint density at radius 3 is 2.30 bits per heavy atom. The molecular formula is C39H56O4. The highest BCUT2D eigenvalue weighted by Gasteiger charge is 2.70. The third kappa shape index (κ3) is 4.46. The SMILES string of the molecule is C=C(C)[C@@H]1CC[C@]2(C)CC[C@@]3(C)C(CCC4C5(C)CC[C@H](OC(=O)/C=C/c6ccc(O)c(O)c6)C(C)(C)C5CCC43C)C12. The summed E-state index contributed by atoms with van der Waals surface area (Å²) in [7, 11) is 0. The van der Waals surface area contributed by atoms with Crippen molar-refractivity contribution in [1.82, 2.24) is 0 Å². The minimum Gasteiger partial charge on any atom is -0.504 e. The smallest absolute Gasteiger partial charge is 0.331 e. The second kappa shape index (κ2) is 10.1. The average Bonchev–Trinajstić information content (AvgIpc) is 3.29. The lowest BCUT2D eigenvalue weighted by atomic mass is 9.32. The minimum absolute atomic E-state index is 0.103. The van der Waals surface area contributed by atoms with Crippen molar-refractivity contribution in [1.29, 1.82) is 0 Å². The van der Waals surface area contributed by atoms with Gasteiger partial charge in [0.1, 0.15) is 6.10 Å². The first-order valence-electron chi connectivity index (χ1n) is 17.1. The molecule has 1 aromatic rings. The number of benzene rings is 1. The van der Waals surface area contributed by atoms with E-state index in [1.165, 1.54) is 75.1 Å². The molecule has 5 saturated carbocycles. The Morgan fingerprint density at radius 1 is 0.860 bits per heavy atom. The van der Waals surface area contributed by atoms with E-state index in [4.69, 9.17) is 4.74 Å². The molecule has 5 aliphatic carbocycles. The van der Waals surface area contributed by atoms with Gasteiger partial charge in [-0.1, -0.05) is 59.8 Å². The summed E-state index contributed by atoms with van der Waals surface area (Å²) < 4.78 is 6.19. The molecule has 0 radical (unpaired) electrons. The van der Waals surface area contributed by atoms with Crippen molar-refractivity contribution in [2.75, 3.05) is 0 Å². The van der Waals surface area contributed by atoms with Gasteiger partial charge in [0.2, 0.25) is 0 Å². The van der Waals surface area contributed by atoms with Gasteiger partial charge in [-0.05, 0) is 146 Å². The van der Waals surface area contributed by atoms with E-state index in [2.05, 4.69) is 55.0 Å². The summed E-state index contributed by atoms with van der Waals surface area (Å²) in [6.45, 7) is 22.1. The van der Waals surface area contributed by atoms with Gasteiger partial charge >= 0.3 is 5.97 Å². The Kier molecular flexibility index (Phi) is 7.26. The number of phenolic OH excluding ortho intramolecular Hbond substituents is 2. The molecule has 2 N–H and O–H groups in total. The number of rotatable bonds is 4. The summed E-state index contributed by atoms with van der Waals surface area (Å²) >= 11 is 0. The molecule has 4 nitrogen and oxygen atoms in total. The number of carbonyl (C=O) groups excluding carboxylic acids is 1. The fourth-order valence-corrected chi connectivity index (χ4v) is 12.7. The summed E-state index contributed by atoms with van der Waals surface area (Å²) in [5.74, 6) is 2.79. The van der Waals surface area contributed by atoms with E-state index in [1.54, 1.807) is 12.1 Å². The van der Waals surface area contributed by atoms with Crippen LogP contribution < -0.4 is 0 Å². The molecule has 43 heavy (non-hydrogen) atoms. The topological polar surface area (TPSA) is 66.8 Å². The van der Waals surface area contributed by atoms with E-state index in [0.717, 1.165) is 24.7 Å². The standard InChI is InChI=1S/C39H56O4/c1-24(2)26-15-18-36(5)21-22-38(7)27(34(26)36)11-13-31-37(6)19-17-32(35(3,4)30(37)16-20-39(31,38)8)43-33(42)14-10-25-9-12-28(40)29(41)23-25/h9-10,12,14,23,26-27,30-32,34,40-41H,1,11,13,15-22H2,2-8H3/b14-10+/t26-,27?,30?,31?,32-,34?,36+,37?,38-,39?/m0/s1. The molecule has 0 spiro atoms. The molecule has 6 rings (SSSR count). The van der Waals surface area contributed by atoms with Crippen molar-refractivity contribution in [2.24, 2.45) is 56.7 Å². The number of esters is 1. The molecule has 0 bridgehead atoms. The maximum absolute atomic E-state index is 13.0. The van der Waals surface area contributed by atoms with E-state index >= 15 is 0 Å². The van der Waals surface area contributed by atoms with Gasteiger partial charge in [0.15, 0.2) is 11.5 Å². The van der Waals surface area contributed by atoms with Gasteiger partial charge in [-0.3, -0.25) is 0 Å². The number of aromatic hydroxyl groups is 2. The molecule has 0 aromatic heterocycles. The van der Waals surface area contributed by atoms with Gasteiger partial charge in [-0.25, -0.2) is 4.79 Å². The number of hydrogen-bond donors (Lipinski definition) is 2. The number of carbonyl (C=O) groups is 1. The Bertz CT molecular complexity index is 1330. The van der Waals surface area contributed by atoms with Crippen molar-refractivity contribution in [3.8, 4) is 11.5 Å². The van der Waals surface area contributed by atoms with Crippen LogP contribution in [0.4, 0.5) is 0 Å². The molecule has 0 heterocycles. The number of allylic oxidation sites excluding steroid dienone is 1. The molecule has 236 valence electrons. The molecule has 5 fully saturated rings. The summed E-state index contributed by atoms with van der Waals surface area (Å²) in [4.78, 5) is 13.0. The van der Waals surface area contributed by atoms with E-state index in [1.807, 2.05) is 0 Å². The van der Waals surface area contributed by atoms with E-state index in [0.29, 0.717) is 39.6 Å². The zero-order chi connectivity index (χ0) is 31.2. The second-order valence-corrected chi connectivity index (χ2v) is 17.2. The predicted octanol–water partition coefficient (Wildman–Crippen LogP) is 9.70. The monoisotopic (exact) mass is 588 g/mol. The van der Waals surface area contributed by atoms with Crippen LogP contribution in [0.25, 0.3) is 6.08 Å². The van der Waals surface area contributed by atoms with Crippen molar-refractivity contribution >= 4 is 12.0 Å². The molecular weight excluding hydrogens is 532 g/mol. The first-order chi connectivity index (χ1) is 20.1. The Labute approximate surface area is 260 Å². The van der Waals surface area contributed by atoms with Gasteiger partial charge in [-0.15, -0.1) is 0 Å². The first kappa shape index (κ1) is 30.8. The van der Waals surface area contributed by atoms with Crippen LogP contribution in [0.2, 0.25) is 0 Å². The third-order valence-corrected chi connectivity index (χ3v) is 15.1. The molecule has 5 aliphatic rings. The number of fused-ring (bicyclic) bond motifs is 7. The molecule has 4 heteroatoms. The van der Waals surface area contributed by atoms with Crippen LogP contribution in [-0.4, -0.2) is 22.3 Å². The van der Waals surface area contributed by atoms with Crippen molar-refractivity contribution < 1.29 is 19.7 Å². The Morgan fingerprint density at radius 2 is 1.60 bits per heavy atom. The molecule has 0 aliphatic heterocycles. The zero-order valence-electron chi connectivity index (χ0n) is 27.8. The highest BCUT2D eigenvalue weighted by Crippen LogP contribution is 2.77. The van der Waals surface area contributed by atoms with Gasteiger partial charge in [0, 0.05) is 11.5 Å². The molecule has 6 unspecified atom stereocenters. The van der Waals surface area contributed by atoms with Gasteiger partial charge in [0.05, 0.1) is 0 Å². The molecule has 1 aromatic carbocycles. The van der Waals surface area contributed by atoms with E-state index in [9.17, 15) is 15.0 Å². The highest BCUT2D eigenvalue weighted by molar-refractivity contribution is 5.87. The maximum atomic E-state index is 13.0. The van der Waals surface area contributed by atoms with E-state index < -0.39 is 0 Å². The molecule has 0 saturated heterocycles. The van der Waals surface area contributed by atoms with Crippen LogP contribution in [0, 0.1) is 56.7 Å². The summed E-state index contributed by atoms with van der Waals surface area (Å²) in [5, 5.41) is 19.4. The van der Waals surface area contributed by atoms with Crippen LogP contribution in [0.15, 0.2) is 36.4 Å². The van der Waals surface area contributed by atoms with Crippen LogP contribution in [0.1, 0.15) is 118 Å². The van der Waals surface area contributed by atoms with Crippen molar-refractivity contribution in [3.05, 3.63) is 42.0 Å². The number of ether oxygens (including phenoxy) is 1. The fourth-order valence-electron chi connectivity index (χ4n) is 12.7. The average molecular weight is 589 g/mol. The van der Waals surface area contributed by atoms with Crippen LogP contribution in [0.5, 0.6) is 11.5 Å². The summed E-state index contributed by atoms with van der Waals surface area (Å²) in [5.41, 5.74) is 3.40. The van der Waals surface area contributed by atoms with Gasteiger partial charge in [0.25, 0.3) is 0 Å². The van der Waals surface area contributed by atoms with Crippen LogP contribution >= 0.6 is 0 Å². The second-order valence-electron chi connectivity index (χ2n) is 17.2. The van der Waals surface area contributed by atoms with Gasteiger partial charge in [-0.2, -0.15) is 0 Å².